The molecule has 0 aliphatic carbocycles. The van der Waals surface area contributed by atoms with Crippen LogP contribution < -0.4 is 5.32 Å². The molecule has 2 aromatic rings. The molecule has 2 N–H and O–H groups in total. The molecule has 0 bridgehead atoms. The van der Waals surface area contributed by atoms with Crippen LogP contribution in [0, 0.1) is 0 Å². The Balaban J connectivity index is 2.20. The Morgan fingerprint density at radius 3 is 2.78 bits per heavy atom. The van der Waals surface area contributed by atoms with E-state index in [4.69, 9.17) is 4.74 Å². The van der Waals surface area contributed by atoms with Gasteiger partial charge in [0.05, 0.1) is 25.5 Å². The first-order chi connectivity index (χ1) is 10.9. The number of methoxy groups -OCH3 is 1. The highest BCUT2D eigenvalue weighted by atomic mass is 79.9. The van der Waals surface area contributed by atoms with Crippen molar-refractivity contribution in [2.75, 3.05) is 26.5 Å². The second-order valence-electron chi connectivity index (χ2n) is 5.09. The number of ether oxygens (including phenoxy) is 1. The van der Waals surface area contributed by atoms with Gasteiger partial charge in [-0.15, -0.1) is 0 Å². The average molecular weight is 384 g/mol. The zero-order chi connectivity index (χ0) is 17.1. The zero-order valence-electron chi connectivity index (χ0n) is 13.3. The molecule has 23 heavy (non-hydrogen) atoms. The number of hydrogen-bond donors (Lipinski definition) is 2. The fraction of sp³-hybridized carbons (Fsp3) is 0.357. The molecule has 2 heterocycles. The number of H-pyrrole nitrogens is 1. The quantitative estimate of drug-likeness (QED) is 0.765. The van der Waals surface area contributed by atoms with E-state index in [0.717, 1.165) is 10.2 Å². The number of nitrogens with one attached hydrogen (secondary N) is 2. The Labute approximate surface area is 141 Å². The highest BCUT2D eigenvalue weighted by Gasteiger charge is 2.19. The smallest absolute Gasteiger partial charge is 0.354 e. The van der Waals surface area contributed by atoms with E-state index in [1.54, 1.807) is 31.8 Å². The molecule has 2 rings (SSSR count). The fourth-order valence-electron chi connectivity index (χ4n) is 2.11. The number of halogens is 1. The first-order valence-corrected chi connectivity index (χ1v) is 7.57. The van der Waals surface area contributed by atoms with E-state index >= 15 is 0 Å². The van der Waals surface area contributed by atoms with Crippen LogP contribution in [0.15, 0.2) is 16.7 Å². The lowest BCUT2D eigenvalue weighted by Crippen LogP contribution is -2.22. The summed E-state index contributed by atoms with van der Waals surface area (Å²) >= 11 is 3.43. The Kier molecular flexibility index (Phi) is 5.09. The molecule has 2 aromatic heterocycles. The monoisotopic (exact) mass is 383 g/mol. The second kappa shape index (κ2) is 6.86. The summed E-state index contributed by atoms with van der Waals surface area (Å²) in [5.74, 6) is -0.0386. The Hall–Kier alpha value is -2.29. The Bertz CT molecular complexity index is 735. The fourth-order valence-corrected chi connectivity index (χ4v) is 2.73. The first kappa shape index (κ1) is 17.1. The standard InChI is InChI=1S/C14H18BrN5O3/c1-19(2)13(21)8-6-17-18-12(8)16-7-11-9(15)5-10(20(11)3)14(22)23-4/h5-6H,7H2,1-4H3,(H2,16,17,18). The van der Waals surface area contributed by atoms with Gasteiger partial charge in [0.2, 0.25) is 0 Å². The third-order valence-electron chi connectivity index (χ3n) is 3.41. The van der Waals surface area contributed by atoms with Crippen molar-refractivity contribution in [3.63, 3.8) is 0 Å². The van der Waals surface area contributed by atoms with Crippen LogP contribution in [0.4, 0.5) is 5.82 Å². The van der Waals surface area contributed by atoms with Crippen molar-refractivity contribution in [2.45, 2.75) is 6.54 Å². The molecular weight excluding hydrogens is 366 g/mol. The molecule has 0 spiro atoms. The highest BCUT2D eigenvalue weighted by molar-refractivity contribution is 9.10. The van der Waals surface area contributed by atoms with E-state index in [1.165, 1.54) is 18.2 Å². The van der Waals surface area contributed by atoms with E-state index < -0.39 is 5.97 Å². The first-order valence-electron chi connectivity index (χ1n) is 6.78. The van der Waals surface area contributed by atoms with Crippen LogP contribution in [-0.4, -0.2) is 52.7 Å². The van der Waals surface area contributed by atoms with E-state index in [1.807, 2.05) is 0 Å². The van der Waals surface area contributed by atoms with Crippen molar-refractivity contribution in [3.8, 4) is 0 Å². The van der Waals surface area contributed by atoms with Gasteiger partial charge in [0.15, 0.2) is 0 Å². The molecule has 0 saturated carbocycles. The van der Waals surface area contributed by atoms with Crippen molar-refractivity contribution < 1.29 is 14.3 Å². The highest BCUT2D eigenvalue weighted by Crippen LogP contribution is 2.23. The Morgan fingerprint density at radius 1 is 1.48 bits per heavy atom. The van der Waals surface area contributed by atoms with Gasteiger partial charge in [-0.3, -0.25) is 9.89 Å². The predicted octanol–water partition coefficient (Wildman–Crippen LogP) is 1.61. The third kappa shape index (κ3) is 3.39. The molecule has 0 aliphatic heterocycles. The summed E-state index contributed by atoms with van der Waals surface area (Å²) in [6.07, 6.45) is 1.48. The lowest BCUT2D eigenvalue weighted by Gasteiger charge is -2.12. The van der Waals surface area contributed by atoms with Crippen molar-refractivity contribution in [1.29, 1.82) is 0 Å². The second-order valence-corrected chi connectivity index (χ2v) is 5.94. The van der Waals surface area contributed by atoms with Crippen LogP contribution in [0.25, 0.3) is 0 Å². The van der Waals surface area contributed by atoms with Crippen molar-refractivity contribution >= 4 is 33.6 Å². The molecule has 0 unspecified atom stereocenters. The molecule has 0 radical (unpaired) electrons. The van der Waals surface area contributed by atoms with Gasteiger partial charge in [0, 0.05) is 25.6 Å². The van der Waals surface area contributed by atoms with Crippen LogP contribution in [0.2, 0.25) is 0 Å². The molecule has 1 amide bonds. The number of nitrogens with zero attached hydrogens (tertiary/aromatic N) is 3. The SMILES string of the molecule is COC(=O)c1cc(Br)c(CNc2[nH]ncc2C(=O)N(C)C)n1C. The molecule has 9 heteroatoms. The maximum Gasteiger partial charge on any atom is 0.354 e. The topological polar surface area (TPSA) is 92.2 Å². The van der Waals surface area contributed by atoms with Crippen LogP contribution in [-0.2, 0) is 18.3 Å². The van der Waals surface area contributed by atoms with E-state index in [9.17, 15) is 9.59 Å². The van der Waals surface area contributed by atoms with Gasteiger partial charge in [-0.2, -0.15) is 5.10 Å². The molecule has 8 nitrogen and oxygen atoms in total. The molecule has 0 atom stereocenters. The zero-order valence-corrected chi connectivity index (χ0v) is 14.9. The van der Waals surface area contributed by atoms with Crippen LogP contribution in [0.1, 0.15) is 26.5 Å². The van der Waals surface area contributed by atoms with E-state index in [0.29, 0.717) is 23.6 Å². The number of anilines is 1. The molecule has 0 fully saturated rings. The number of aromatic nitrogens is 3. The minimum atomic E-state index is -0.413. The Morgan fingerprint density at radius 2 is 2.17 bits per heavy atom. The molecule has 0 aromatic carbocycles. The van der Waals surface area contributed by atoms with Gasteiger partial charge in [-0.1, -0.05) is 0 Å². The minimum Gasteiger partial charge on any atom is -0.464 e. The summed E-state index contributed by atoms with van der Waals surface area (Å²) in [6.45, 7) is 0.393. The maximum absolute atomic E-state index is 12.1. The molecule has 0 aliphatic rings. The van der Waals surface area contributed by atoms with E-state index in [2.05, 4.69) is 31.4 Å². The summed E-state index contributed by atoms with van der Waals surface area (Å²) < 4.78 is 7.25. The van der Waals surface area contributed by atoms with Gasteiger partial charge in [0.25, 0.3) is 5.91 Å². The number of carbonyl (C=O) groups is 2. The van der Waals surface area contributed by atoms with Gasteiger partial charge in [-0.25, -0.2) is 4.79 Å². The van der Waals surface area contributed by atoms with E-state index in [-0.39, 0.29) is 5.91 Å². The maximum atomic E-state index is 12.1. The normalized spacial score (nSPS) is 10.5. The molecule has 0 saturated heterocycles. The molecule has 124 valence electrons. The lowest BCUT2D eigenvalue weighted by atomic mass is 10.3. The average Bonchev–Trinajstić information content (AvgIpc) is 3.09. The van der Waals surface area contributed by atoms with Crippen molar-refractivity contribution in [2.24, 2.45) is 7.05 Å². The number of rotatable bonds is 5. The third-order valence-corrected chi connectivity index (χ3v) is 4.10. The predicted molar refractivity (Wildman–Crippen MR) is 88.4 cm³/mol. The molecular formula is C14H18BrN5O3. The number of aromatic amines is 1. The van der Waals surface area contributed by atoms with Gasteiger partial charge in [-0.05, 0) is 22.0 Å². The van der Waals surface area contributed by atoms with Crippen LogP contribution >= 0.6 is 15.9 Å². The van der Waals surface area contributed by atoms with Crippen LogP contribution in [0.5, 0.6) is 0 Å². The van der Waals surface area contributed by atoms with Gasteiger partial charge in [0.1, 0.15) is 17.1 Å². The van der Waals surface area contributed by atoms with Crippen LogP contribution in [0.3, 0.4) is 0 Å². The number of carbonyl (C=O) groups excluding carboxylic acids is 2. The summed E-state index contributed by atoms with van der Waals surface area (Å²) in [5, 5.41) is 9.80. The summed E-state index contributed by atoms with van der Waals surface area (Å²) in [7, 11) is 6.46. The summed E-state index contributed by atoms with van der Waals surface area (Å²) in [5.41, 5.74) is 1.72. The largest absolute Gasteiger partial charge is 0.464 e. The number of amides is 1. The summed E-state index contributed by atoms with van der Waals surface area (Å²) in [6, 6.07) is 1.70. The minimum absolute atomic E-state index is 0.151. The number of esters is 1. The van der Waals surface area contributed by atoms with Crippen molar-refractivity contribution in [3.05, 3.63) is 33.7 Å². The lowest BCUT2D eigenvalue weighted by molar-refractivity contribution is 0.0589. The number of hydrogen-bond acceptors (Lipinski definition) is 5. The summed E-state index contributed by atoms with van der Waals surface area (Å²) in [4.78, 5) is 25.2. The van der Waals surface area contributed by atoms with Gasteiger partial charge >= 0.3 is 5.97 Å². The van der Waals surface area contributed by atoms with Crippen molar-refractivity contribution in [1.82, 2.24) is 19.7 Å². The van der Waals surface area contributed by atoms with Gasteiger partial charge < -0.3 is 19.5 Å².